The van der Waals surface area contributed by atoms with Crippen LogP contribution in [0, 0.1) is 6.92 Å². The number of thiazole rings is 1. The quantitative estimate of drug-likeness (QED) is 0.242. The number of fused-ring (bicyclic) bond motifs is 1. The Morgan fingerprint density at radius 2 is 2.03 bits per heavy atom. The molecule has 0 amide bonds. The average molecular weight is 508 g/mol. The van der Waals surface area contributed by atoms with E-state index < -0.39 is 5.97 Å². The van der Waals surface area contributed by atoms with Gasteiger partial charge in [0.1, 0.15) is 10.8 Å². The minimum Gasteiger partial charge on any atom is -0.494 e. The highest BCUT2D eigenvalue weighted by Crippen LogP contribution is 2.37. The van der Waals surface area contributed by atoms with Crippen molar-refractivity contribution in [1.82, 2.24) is 15.3 Å². The Morgan fingerprint density at radius 3 is 2.75 bits per heavy atom. The summed E-state index contributed by atoms with van der Waals surface area (Å²) in [6.45, 7) is 5.89. The van der Waals surface area contributed by atoms with Crippen molar-refractivity contribution in [2.45, 2.75) is 58.3 Å². The van der Waals surface area contributed by atoms with E-state index in [-0.39, 0.29) is 18.1 Å². The molecule has 0 saturated carbocycles. The van der Waals surface area contributed by atoms with Crippen LogP contribution < -0.4 is 10.1 Å². The predicted molar refractivity (Wildman–Crippen MR) is 141 cm³/mol. The fraction of sp³-hybridized carbons (Fsp3) is 0.429. The lowest BCUT2D eigenvalue weighted by Gasteiger charge is -2.11. The van der Waals surface area contributed by atoms with Crippen molar-refractivity contribution in [2.75, 3.05) is 19.7 Å². The summed E-state index contributed by atoms with van der Waals surface area (Å²) in [5, 5.41) is 13.4. The van der Waals surface area contributed by atoms with Crippen LogP contribution in [0.15, 0.2) is 36.5 Å². The number of aryl methyl sites for hydroxylation is 3. The summed E-state index contributed by atoms with van der Waals surface area (Å²) in [6.07, 6.45) is 6.69. The van der Waals surface area contributed by atoms with Crippen LogP contribution in [0.3, 0.4) is 0 Å². The van der Waals surface area contributed by atoms with Gasteiger partial charge in [0.15, 0.2) is 5.78 Å². The van der Waals surface area contributed by atoms with Gasteiger partial charge in [0.25, 0.3) is 0 Å². The number of nitrogens with zero attached hydrogens (tertiary/aromatic N) is 2. The van der Waals surface area contributed by atoms with Crippen molar-refractivity contribution in [2.24, 2.45) is 0 Å². The van der Waals surface area contributed by atoms with E-state index in [1.54, 1.807) is 6.92 Å². The average Bonchev–Trinajstić information content (AvgIpc) is 3.44. The number of aromatic nitrogens is 2. The van der Waals surface area contributed by atoms with Gasteiger partial charge in [-0.15, -0.1) is 11.3 Å². The van der Waals surface area contributed by atoms with Crippen molar-refractivity contribution >= 4 is 23.1 Å². The zero-order valence-corrected chi connectivity index (χ0v) is 21.7. The smallest absolute Gasteiger partial charge is 0.303 e. The standard InChI is InChI=1S/C28H33N3O4S/c1-18-27(19(2)32)36-28(31-18)22-8-9-23(30-17-22)5-3-12-29-13-4-14-35-24-10-11-25-20(15-24)6-7-21(25)16-26(33)34/h8-11,15,17,21,29H,3-7,12-14,16H2,1-2H3,(H,33,34)/t21-/m0/s1. The van der Waals surface area contributed by atoms with Crippen LogP contribution in [-0.2, 0) is 17.6 Å². The highest BCUT2D eigenvalue weighted by molar-refractivity contribution is 7.17. The Bertz CT molecular complexity index is 1210. The molecule has 1 aromatic carbocycles. The number of ether oxygens (including phenoxy) is 1. The van der Waals surface area contributed by atoms with Crippen LogP contribution in [0.2, 0.25) is 0 Å². The lowest BCUT2D eigenvalue weighted by Crippen LogP contribution is -2.19. The number of carbonyl (C=O) groups is 2. The van der Waals surface area contributed by atoms with Gasteiger partial charge in [-0.3, -0.25) is 14.6 Å². The fourth-order valence-electron chi connectivity index (χ4n) is 4.65. The zero-order chi connectivity index (χ0) is 25.5. The van der Waals surface area contributed by atoms with E-state index in [1.165, 1.54) is 16.9 Å². The number of carboxylic acid groups (broad SMARTS) is 1. The minimum atomic E-state index is -0.735. The number of rotatable bonds is 13. The third-order valence-corrected chi connectivity index (χ3v) is 7.79. The summed E-state index contributed by atoms with van der Waals surface area (Å²) in [6, 6.07) is 10.1. The van der Waals surface area contributed by atoms with Gasteiger partial charge in [-0.05, 0) is 93.4 Å². The molecule has 1 atom stereocenters. The zero-order valence-electron chi connectivity index (χ0n) is 20.9. The molecule has 2 aromatic heterocycles. The number of hydrogen-bond donors (Lipinski definition) is 2. The third kappa shape index (κ3) is 6.77. The first-order valence-electron chi connectivity index (χ1n) is 12.5. The van der Waals surface area contributed by atoms with E-state index in [9.17, 15) is 9.59 Å². The van der Waals surface area contributed by atoms with Crippen LogP contribution in [-0.4, -0.2) is 46.5 Å². The van der Waals surface area contributed by atoms with Gasteiger partial charge >= 0.3 is 5.97 Å². The molecule has 0 spiro atoms. The second-order valence-corrected chi connectivity index (χ2v) is 10.3. The Hall–Kier alpha value is -3.10. The lowest BCUT2D eigenvalue weighted by atomic mass is 9.98. The number of benzene rings is 1. The Kier molecular flexibility index (Phi) is 8.83. The van der Waals surface area contributed by atoms with Gasteiger partial charge in [0, 0.05) is 24.4 Å². The number of nitrogens with one attached hydrogen (secondary N) is 1. The van der Waals surface area contributed by atoms with E-state index in [0.29, 0.717) is 11.5 Å². The van der Waals surface area contributed by atoms with Crippen LogP contribution in [0.1, 0.15) is 70.7 Å². The third-order valence-electron chi connectivity index (χ3n) is 6.48. The molecule has 0 bridgehead atoms. The normalized spacial score (nSPS) is 14.6. The number of Topliss-reactive ketones (excluding diaryl/α,β-unsaturated/α-hetero) is 1. The largest absolute Gasteiger partial charge is 0.494 e. The Balaban J connectivity index is 1.11. The first kappa shape index (κ1) is 26.0. The van der Waals surface area contributed by atoms with E-state index in [1.807, 2.05) is 37.4 Å². The summed E-state index contributed by atoms with van der Waals surface area (Å²) < 4.78 is 5.90. The van der Waals surface area contributed by atoms with Crippen molar-refractivity contribution < 1.29 is 19.4 Å². The fourth-order valence-corrected chi connectivity index (χ4v) is 5.60. The molecule has 0 fully saturated rings. The van der Waals surface area contributed by atoms with Crippen molar-refractivity contribution in [3.63, 3.8) is 0 Å². The molecule has 190 valence electrons. The Labute approximate surface area is 216 Å². The molecule has 2 N–H and O–H groups in total. The number of pyridine rings is 1. The van der Waals surface area contributed by atoms with Gasteiger partial charge < -0.3 is 15.2 Å². The predicted octanol–water partition coefficient (Wildman–Crippen LogP) is 5.21. The summed E-state index contributed by atoms with van der Waals surface area (Å²) in [5.41, 5.74) is 5.16. The van der Waals surface area contributed by atoms with Gasteiger partial charge in [0.05, 0.1) is 23.6 Å². The molecule has 1 aliphatic carbocycles. The van der Waals surface area contributed by atoms with Gasteiger partial charge in [-0.2, -0.15) is 0 Å². The second kappa shape index (κ2) is 12.2. The first-order valence-corrected chi connectivity index (χ1v) is 13.3. The molecule has 0 unspecified atom stereocenters. The van der Waals surface area contributed by atoms with E-state index in [0.717, 1.165) is 78.5 Å². The van der Waals surface area contributed by atoms with Gasteiger partial charge in [-0.25, -0.2) is 4.98 Å². The molecule has 8 heteroatoms. The molecular formula is C28H33N3O4S. The maximum absolute atomic E-state index is 11.7. The van der Waals surface area contributed by atoms with Crippen LogP contribution in [0.4, 0.5) is 0 Å². The number of ketones is 1. The van der Waals surface area contributed by atoms with Crippen molar-refractivity contribution in [1.29, 1.82) is 0 Å². The summed E-state index contributed by atoms with van der Waals surface area (Å²) in [5.74, 6) is 0.314. The number of carboxylic acids is 1. The molecule has 0 radical (unpaired) electrons. The van der Waals surface area contributed by atoms with E-state index in [4.69, 9.17) is 9.84 Å². The molecule has 7 nitrogen and oxygen atoms in total. The van der Waals surface area contributed by atoms with Crippen molar-refractivity contribution in [3.05, 3.63) is 63.9 Å². The molecule has 0 aliphatic heterocycles. The van der Waals surface area contributed by atoms with Crippen LogP contribution >= 0.6 is 11.3 Å². The highest BCUT2D eigenvalue weighted by Gasteiger charge is 2.24. The maximum atomic E-state index is 11.7. The first-order chi connectivity index (χ1) is 17.4. The van der Waals surface area contributed by atoms with E-state index in [2.05, 4.69) is 21.4 Å². The molecule has 2 heterocycles. The molecule has 3 aromatic rings. The van der Waals surface area contributed by atoms with Gasteiger partial charge in [0.2, 0.25) is 0 Å². The molecule has 1 aliphatic rings. The monoisotopic (exact) mass is 507 g/mol. The van der Waals surface area contributed by atoms with E-state index >= 15 is 0 Å². The van der Waals surface area contributed by atoms with Crippen molar-refractivity contribution in [3.8, 4) is 16.3 Å². The molecule has 4 rings (SSSR count). The van der Waals surface area contributed by atoms with Crippen LogP contribution in [0.25, 0.3) is 10.6 Å². The Morgan fingerprint density at radius 1 is 1.19 bits per heavy atom. The maximum Gasteiger partial charge on any atom is 0.303 e. The SMILES string of the molecule is CC(=O)c1sc(-c2ccc(CCCNCCCOc3ccc4c(c3)CC[C@H]4CC(=O)O)nc2)nc1C. The van der Waals surface area contributed by atoms with Crippen LogP contribution in [0.5, 0.6) is 5.75 Å². The molecular weight excluding hydrogens is 474 g/mol. The molecule has 0 saturated heterocycles. The molecule has 36 heavy (non-hydrogen) atoms. The highest BCUT2D eigenvalue weighted by atomic mass is 32.1. The number of carbonyl (C=O) groups excluding carboxylic acids is 1. The van der Waals surface area contributed by atoms with Gasteiger partial charge in [-0.1, -0.05) is 6.07 Å². The summed E-state index contributed by atoms with van der Waals surface area (Å²) in [4.78, 5) is 32.5. The topological polar surface area (TPSA) is 101 Å². The number of hydrogen-bond acceptors (Lipinski definition) is 7. The lowest BCUT2D eigenvalue weighted by molar-refractivity contribution is -0.137. The summed E-state index contributed by atoms with van der Waals surface area (Å²) >= 11 is 1.42. The summed E-state index contributed by atoms with van der Waals surface area (Å²) in [7, 11) is 0. The number of aliphatic carboxylic acids is 1. The second-order valence-electron chi connectivity index (χ2n) is 9.28. The minimum absolute atomic E-state index is 0.0516.